The van der Waals surface area contributed by atoms with Crippen molar-refractivity contribution in [3.05, 3.63) is 17.5 Å². The molecule has 0 fully saturated rings. The molecule has 0 unspecified atom stereocenters. The normalized spacial score (nSPS) is 12.5. The average molecular weight is 192 g/mol. The van der Waals surface area contributed by atoms with Crippen LogP contribution in [0.25, 0.3) is 0 Å². The van der Waals surface area contributed by atoms with E-state index >= 15 is 0 Å². The molecule has 0 saturated carbocycles. The van der Waals surface area contributed by atoms with E-state index in [0.29, 0.717) is 0 Å². The number of hydrogen-bond acceptors (Lipinski definition) is 1. The SMILES string of the molecule is Cc1cnn(C(C)C)c1C(F)(F)F. The van der Waals surface area contributed by atoms with Gasteiger partial charge in [0.1, 0.15) is 5.69 Å². The molecule has 1 aromatic rings. The van der Waals surface area contributed by atoms with Crippen LogP contribution < -0.4 is 0 Å². The van der Waals surface area contributed by atoms with Gasteiger partial charge in [-0.15, -0.1) is 0 Å². The summed E-state index contributed by atoms with van der Waals surface area (Å²) in [5.74, 6) is 0. The number of halogens is 3. The fraction of sp³-hybridized carbons (Fsp3) is 0.625. The summed E-state index contributed by atoms with van der Waals surface area (Å²) in [5, 5.41) is 3.68. The maximum atomic E-state index is 12.4. The van der Waals surface area contributed by atoms with Gasteiger partial charge >= 0.3 is 6.18 Å². The van der Waals surface area contributed by atoms with E-state index in [1.807, 2.05) is 0 Å². The van der Waals surface area contributed by atoms with Crippen LogP contribution in [0.15, 0.2) is 6.20 Å². The molecule has 0 aliphatic carbocycles. The summed E-state index contributed by atoms with van der Waals surface area (Å²) in [7, 11) is 0. The summed E-state index contributed by atoms with van der Waals surface area (Å²) in [6.45, 7) is 4.75. The molecule has 5 heteroatoms. The summed E-state index contributed by atoms with van der Waals surface area (Å²) in [6.07, 6.45) is -3.08. The molecule has 0 N–H and O–H groups in total. The van der Waals surface area contributed by atoms with Gasteiger partial charge in [0.25, 0.3) is 0 Å². The third-order valence-electron chi connectivity index (χ3n) is 1.74. The molecule has 0 spiro atoms. The molecule has 0 saturated heterocycles. The summed E-state index contributed by atoms with van der Waals surface area (Å²) >= 11 is 0. The van der Waals surface area contributed by atoms with Gasteiger partial charge in [0.2, 0.25) is 0 Å². The van der Waals surface area contributed by atoms with Gasteiger partial charge in [-0.1, -0.05) is 0 Å². The van der Waals surface area contributed by atoms with E-state index < -0.39 is 11.9 Å². The molecule has 1 heterocycles. The van der Waals surface area contributed by atoms with Crippen LogP contribution in [0.3, 0.4) is 0 Å². The summed E-state index contributed by atoms with van der Waals surface area (Å²) in [5.41, 5.74) is -0.483. The first kappa shape index (κ1) is 10.1. The molecule has 1 rings (SSSR count). The fourth-order valence-electron chi connectivity index (χ4n) is 1.19. The van der Waals surface area contributed by atoms with Gasteiger partial charge in [-0.05, 0) is 26.3 Å². The fourth-order valence-corrected chi connectivity index (χ4v) is 1.19. The average Bonchev–Trinajstić information content (AvgIpc) is 2.28. The van der Waals surface area contributed by atoms with E-state index in [1.54, 1.807) is 13.8 Å². The molecule has 0 amide bonds. The minimum Gasteiger partial charge on any atom is -0.258 e. The lowest BCUT2D eigenvalue weighted by Gasteiger charge is -2.13. The number of hydrogen-bond donors (Lipinski definition) is 0. The minimum atomic E-state index is -4.31. The van der Waals surface area contributed by atoms with E-state index in [0.717, 1.165) is 4.68 Å². The third-order valence-corrected chi connectivity index (χ3v) is 1.74. The highest BCUT2D eigenvalue weighted by Crippen LogP contribution is 2.32. The zero-order chi connectivity index (χ0) is 10.2. The smallest absolute Gasteiger partial charge is 0.258 e. The van der Waals surface area contributed by atoms with Crippen molar-refractivity contribution in [2.45, 2.75) is 33.0 Å². The Balaban J connectivity index is 3.25. The zero-order valence-electron chi connectivity index (χ0n) is 7.68. The Morgan fingerprint density at radius 3 is 2.23 bits per heavy atom. The first-order chi connectivity index (χ1) is 5.84. The van der Waals surface area contributed by atoms with E-state index in [2.05, 4.69) is 5.10 Å². The van der Waals surface area contributed by atoms with Crippen molar-refractivity contribution in [3.63, 3.8) is 0 Å². The van der Waals surface area contributed by atoms with Gasteiger partial charge in [-0.2, -0.15) is 18.3 Å². The van der Waals surface area contributed by atoms with Crippen LogP contribution in [-0.4, -0.2) is 9.78 Å². The second-order valence-corrected chi connectivity index (χ2v) is 3.21. The molecular weight excluding hydrogens is 181 g/mol. The van der Waals surface area contributed by atoms with Gasteiger partial charge in [0.05, 0.1) is 6.20 Å². The van der Waals surface area contributed by atoms with Crippen LogP contribution in [0.1, 0.15) is 31.1 Å². The Labute approximate surface area is 74.4 Å². The second kappa shape index (κ2) is 3.05. The third kappa shape index (κ3) is 1.84. The summed E-state index contributed by atoms with van der Waals surface area (Å²) in [4.78, 5) is 0. The Kier molecular flexibility index (Phi) is 2.36. The van der Waals surface area contributed by atoms with Crippen LogP contribution in [0, 0.1) is 6.92 Å². The number of alkyl halides is 3. The predicted molar refractivity (Wildman–Crippen MR) is 42.4 cm³/mol. The lowest BCUT2D eigenvalue weighted by Crippen LogP contribution is -2.17. The lowest BCUT2D eigenvalue weighted by molar-refractivity contribution is -0.145. The van der Waals surface area contributed by atoms with Crippen LogP contribution in [-0.2, 0) is 6.18 Å². The lowest BCUT2D eigenvalue weighted by atomic mass is 10.2. The van der Waals surface area contributed by atoms with Gasteiger partial charge in [-0.25, -0.2) is 0 Å². The molecule has 13 heavy (non-hydrogen) atoms. The molecule has 2 nitrogen and oxygen atoms in total. The molecule has 0 aliphatic rings. The topological polar surface area (TPSA) is 17.8 Å². The van der Waals surface area contributed by atoms with Gasteiger partial charge in [0.15, 0.2) is 0 Å². The van der Waals surface area contributed by atoms with Gasteiger partial charge < -0.3 is 0 Å². The zero-order valence-corrected chi connectivity index (χ0v) is 7.68. The number of aromatic nitrogens is 2. The molecule has 1 aromatic heterocycles. The standard InChI is InChI=1S/C8H11F3N2/c1-5(2)13-7(8(9,10)11)6(3)4-12-13/h4-5H,1-3H3. The predicted octanol–water partition coefficient (Wildman–Crippen LogP) is 2.79. The van der Waals surface area contributed by atoms with E-state index in [9.17, 15) is 13.2 Å². The molecule has 0 atom stereocenters. The summed E-state index contributed by atoms with van der Waals surface area (Å²) in [6, 6.07) is -0.273. The van der Waals surface area contributed by atoms with E-state index in [1.165, 1.54) is 13.1 Å². The van der Waals surface area contributed by atoms with Crippen molar-refractivity contribution < 1.29 is 13.2 Å². The molecule has 0 bridgehead atoms. The first-order valence-electron chi connectivity index (χ1n) is 3.95. The van der Waals surface area contributed by atoms with Crippen LogP contribution in [0.2, 0.25) is 0 Å². The highest BCUT2D eigenvalue weighted by molar-refractivity contribution is 5.19. The Morgan fingerprint density at radius 2 is 1.92 bits per heavy atom. The molecular formula is C8H11F3N2. The number of rotatable bonds is 1. The van der Waals surface area contributed by atoms with E-state index in [-0.39, 0.29) is 11.6 Å². The Hall–Kier alpha value is -1.00. The van der Waals surface area contributed by atoms with Crippen molar-refractivity contribution in [3.8, 4) is 0 Å². The monoisotopic (exact) mass is 192 g/mol. The van der Waals surface area contributed by atoms with Crippen molar-refractivity contribution in [2.75, 3.05) is 0 Å². The quantitative estimate of drug-likeness (QED) is 0.669. The highest BCUT2D eigenvalue weighted by Gasteiger charge is 2.37. The van der Waals surface area contributed by atoms with Crippen molar-refractivity contribution in [1.82, 2.24) is 9.78 Å². The number of nitrogens with zero attached hydrogens (tertiary/aromatic N) is 2. The van der Waals surface area contributed by atoms with Crippen molar-refractivity contribution in [1.29, 1.82) is 0 Å². The van der Waals surface area contributed by atoms with Crippen LogP contribution >= 0.6 is 0 Å². The van der Waals surface area contributed by atoms with E-state index in [4.69, 9.17) is 0 Å². The van der Waals surface area contributed by atoms with Crippen LogP contribution in [0.4, 0.5) is 13.2 Å². The van der Waals surface area contributed by atoms with Crippen LogP contribution in [0.5, 0.6) is 0 Å². The van der Waals surface area contributed by atoms with Gasteiger partial charge in [-0.3, -0.25) is 4.68 Å². The molecule has 0 aliphatic heterocycles. The maximum Gasteiger partial charge on any atom is 0.433 e. The van der Waals surface area contributed by atoms with Gasteiger partial charge in [0, 0.05) is 6.04 Å². The minimum absolute atomic E-state index is 0.168. The molecule has 0 radical (unpaired) electrons. The first-order valence-corrected chi connectivity index (χ1v) is 3.95. The second-order valence-electron chi connectivity index (χ2n) is 3.21. The largest absolute Gasteiger partial charge is 0.433 e. The highest BCUT2D eigenvalue weighted by atomic mass is 19.4. The molecule has 0 aromatic carbocycles. The maximum absolute atomic E-state index is 12.4. The summed E-state index contributed by atoms with van der Waals surface area (Å²) < 4.78 is 38.3. The Bertz CT molecular complexity index is 299. The number of aryl methyl sites for hydroxylation is 1. The molecule has 74 valence electrons. The van der Waals surface area contributed by atoms with Crippen molar-refractivity contribution in [2.24, 2.45) is 0 Å². The van der Waals surface area contributed by atoms with Crippen molar-refractivity contribution >= 4 is 0 Å². The Morgan fingerprint density at radius 1 is 1.38 bits per heavy atom.